The van der Waals surface area contributed by atoms with E-state index in [2.05, 4.69) is 6.07 Å². The van der Waals surface area contributed by atoms with Crippen molar-refractivity contribution in [2.75, 3.05) is 20.5 Å². The molecule has 0 rings (SSSR count). The quantitative estimate of drug-likeness (QED) is 0.388. The van der Waals surface area contributed by atoms with Crippen molar-refractivity contribution in [2.45, 2.75) is 70.3 Å². The zero-order chi connectivity index (χ0) is 14.2. The van der Waals surface area contributed by atoms with Crippen LogP contribution in [0.1, 0.15) is 64.2 Å². The Morgan fingerprint density at radius 2 is 1.63 bits per heavy atom. The third-order valence-electron chi connectivity index (χ3n) is 3.12. The molecule has 19 heavy (non-hydrogen) atoms. The lowest BCUT2D eigenvalue weighted by atomic mass is 10.0. The van der Waals surface area contributed by atoms with Crippen molar-refractivity contribution in [3.05, 3.63) is 0 Å². The van der Waals surface area contributed by atoms with Crippen molar-refractivity contribution in [3.8, 4) is 6.07 Å². The van der Waals surface area contributed by atoms with Crippen molar-refractivity contribution in [1.82, 2.24) is 0 Å². The van der Waals surface area contributed by atoms with Crippen LogP contribution >= 0.6 is 0 Å². The van der Waals surface area contributed by atoms with Gasteiger partial charge >= 0.3 is 0 Å². The number of nitrogens with zero attached hydrogens (tertiary/aromatic N) is 1. The lowest BCUT2D eigenvalue weighted by molar-refractivity contribution is -0.0315. The zero-order valence-electron chi connectivity index (χ0n) is 12.3. The Balaban J connectivity index is 3.04. The van der Waals surface area contributed by atoms with Gasteiger partial charge in [0.15, 0.2) is 0 Å². The van der Waals surface area contributed by atoms with E-state index in [1.54, 1.807) is 7.11 Å². The standard InChI is InChI=1S/C15H29NO3/c1-18-14-19-13-8-6-4-2-3-5-7-10-15(17)11-9-12-16/h15,17H,2-11,13-14H2,1H3. The summed E-state index contributed by atoms with van der Waals surface area (Å²) < 4.78 is 10.0. The highest BCUT2D eigenvalue weighted by Crippen LogP contribution is 2.11. The minimum atomic E-state index is -0.280. The van der Waals surface area contributed by atoms with E-state index in [1.165, 1.54) is 32.1 Å². The lowest BCUT2D eigenvalue weighted by Crippen LogP contribution is -2.05. The van der Waals surface area contributed by atoms with Crippen LogP contribution in [0.2, 0.25) is 0 Å². The van der Waals surface area contributed by atoms with E-state index in [4.69, 9.17) is 14.7 Å². The fourth-order valence-electron chi connectivity index (χ4n) is 1.99. The van der Waals surface area contributed by atoms with Crippen LogP contribution in [0.25, 0.3) is 0 Å². The highest BCUT2D eigenvalue weighted by molar-refractivity contribution is 4.71. The van der Waals surface area contributed by atoms with E-state index >= 15 is 0 Å². The van der Waals surface area contributed by atoms with Crippen LogP contribution < -0.4 is 0 Å². The number of aliphatic hydroxyl groups excluding tert-OH is 1. The van der Waals surface area contributed by atoms with Crippen LogP contribution in [0.15, 0.2) is 0 Å². The van der Waals surface area contributed by atoms with Gasteiger partial charge in [-0.05, 0) is 19.3 Å². The SMILES string of the molecule is COCOCCCCCCCCCC(O)CCC#N. The number of hydrogen-bond acceptors (Lipinski definition) is 4. The molecule has 0 heterocycles. The van der Waals surface area contributed by atoms with Gasteiger partial charge < -0.3 is 14.6 Å². The first kappa shape index (κ1) is 18.4. The summed E-state index contributed by atoms with van der Waals surface area (Å²) in [5.74, 6) is 0. The first-order chi connectivity index (χ1) is 9.31. The maximum absolute atomic E-state index is 9.55. The molecule has 0 aliphatic rings. The molecule has 0 aliphatic carbocycles. The molecule has 1 unspecified atom stereocenters. The second-order valence-electron chi connectivity index (χ2n) is 4.93. The summed E-state index contributed by atoms with van der Waals surface area (Å²) in [7, 11) is 1.64. The van der Waals surface area contributed by atoms with E-state index < -0.39 is 0 Å². The van der Waals surface area contributed by atoms with Gasteiger partial charge in [0.1, 0.15) is 6.79 Å². The van der Waals surface area contributed by atoms with Gasteiger partial charge in [-0.1, -0.05) is 38.5 Å². The molecule has 0 aliphatic heterocycles. The minimum absolute atomic E-state index is 0.280. The number of nitriles is 1. The summed E-state index contributed by atoms with van der Waals surface area (Å²) in [6, 6.07) is 2.06. The Hall–Kier alpha value is -0.630. The summed E-state index contributed by atoms with van der Waals surface area (Å²) in [4.78, 5) is 0. The fourth-order valence-corrected chi connectivity index (χ4v) is 1.99. The molecule has 1 atom stereocenters. The highest BCUT2D eigenvalue weighted by Gasteiger charge is 2.02. The number of hydrogen-bond donors (Lipinski definition) is 1. The topological polar surface area (TPSA) is 62.5 Å². The highest BCUT2D eigenvalue weighted by atomic mass is 16.7. The second kappa shape index (κ2) is 15.4. The molecule has 0 aromatic heterocycles. The number of methoxy groups -OCH3 is 1. The molecular weight excluding hydrogens is 242 g/mol. The number of unbranched alkanes of at least 4 members (excludes halogenated alkanes) is 6. The molecule has 4 heteroatoms. The average Bonchev–Trinajstić information content (AvgIpc) is 2.42. The molecule has 1 N–H and O–H groups in total. The van der Waals surface area contributed by atoms with Crippen LogP contribution in [0.5, 0.6) is 0 Å². The molecule has 0 spiro atoms. The third-order valence-corrected chi connectivity index (χ3v) is 3.12. The average molecular weight is 271 g/mol. The van der Waals surface area contributed by atoms with Gasteiger partial charge in [-0.25, -0.2) is 0 Å². The second-order valence-corrected chi connectivity index (χ2v) is 4.93. The summed E-state index contributed by atoms with van der Waals surface area (Å²) >= 11 is 0. The monoisotopic (exact) mass is 271 g/mol. The normalized spacial score (nSPS) is 12.3. The van der Waals surface area contributed by atoms with Gasteiger partial charge in [-0.3, -0.25) is 0 Å². The maximum Gasteiger partial charge on any atom is 0.146 e. The van der Waals surface area contributed by atoms with E-state index in [9.17, 15) is 5.11 Å². The molecule has 4 nitrogen and oxygen atoms in total. The van der Waals surface area contributed by atoms with Crippen LogP contribution in [-0.2, 0) is 9.47 Å². The first-order valence-electron chi connectivity index (χ1n) is 7.43. The zero-order valence-corrected chi connectivity index (χ0v) is 12.3. The van der Waals surface area contributed by atoms with Gasteiger partial charge in [0.2, 0.25) is 0 Å². The number of ether oxygens (including phenoxy) is 2. The van der Waals surface area contributed by atoms with Crippen molar-refractivity contribution < 1.29 is 14.6 Å². The molecule has 0 aromatic carbocycles. The van der Waals surface area contributed by atoms with Crippen molar-refractivity contribution in [3.63, 3.8) is 0 Å². The van der Waals surface area contributed by atoms with Crippen molar-refractivity contribution in [1.29, 1.82) is 5.26 Å². The molecule has 0 amide bonds. The van der Waals surface area contributed by atoms with Gasteiger partial charge in [-0.2, -0.15) is 5.26 Å². The van der Waals surface area contributed by atoms with Crippen molar-refractivity contribution >= 4 is 0 Å². The lowest BCUT2D eigenvalue weighted by Gasteiger charge is -2.07. The van der Waals surface area contributed by atoms with Crippen LogP contribution in [0, 0.1) is 11.3 Å². The fraction of sp³-hybridized carbons (Fsp3) is 0.933. The maximum atomic E-state index is 9.55. The minimum Gasteiger partial charge on any atom is -0.393 e. The van der Waals surface area contributed by atoms with E-state index in [0.29, 0.717) is 19.6 Å². The molecule has 0 fully saturated rings. The Morgan fingerprint density at radius 3 is 2.26 bits per heavy atom. The largest absolute Gasteiger partial charge is 0.393 e. The summed E-state index contributed by atoms with van der Waals surface area (Å²) in [6.45, 7) is 1.19. The number of rotatable bonds is 14. The predicted molar refractivity (Wildman–Crippen MR) is 75.6 cm³/mol. The Labute approximate surface area is 117 Å². The molecule has 0 bridgehead atoms. The van der Waals surface area contributed by atoms with Crippen LogP contribution in [0.3, 0.4) is 0 Å². The Kier molecular flexibility index (Phi) is 14.9. The van der Waals surface area contributed by atoms with Gasteiger partial charge in [0.05, 0.1) is 12.2 Å². The number of aliphatic hydroxyl groups is 1. The third kappa shape index (κ3) is 15.3. The van der Waals surface area contributed by atoms with E-state index in [1.807, 2.05) is 0 Å². The molecule has 0 saturated carbocycles. The molecular formula is C15H29NO3. The van der Waals surface area contributed by atoms with Crippen molar-refractivity contribution in [2.24, 2.45) is 0 Å². The van der Waals surface area contributed by atoms with E-state index in [0.717, 1.165) is 25.9 Å². The molecule has 0 radical (unpaired) electrons. The summed E-state index contributed by atoms with van der Waals surface area (Å²) in [5, 5.41) is 17.9. The first-order valence-corrected chi connectivity index (χ1v) is 7.43. The van der Waals surface area contributed by atoms with Crippen LogP contribution in [0.4, 0.5) is 0 Å². The molecule has 0 saturated heterocycles. The Bertz CT molecular complexity index is 216. The molecule has 0 aromatic rings. The van der Waals surface area contributed by atoms with Gasteiger partial charge in [0.25, 0.3) is 0 Å². The summed E-state index contributed by atoms with van der Waals surface area (Å²) in [6.07, 6.45) is 9.99. The van der Waals surface area contributed by atoms with Gasteiger partial charge in [-0.15, -0.1) is 0 Å². The predicted octanol–water partition coefficient (Wildman–Crippen LogP) is 3.39. The summed E-state index contributed by atoms with van der Waals surface area (Å²) in [5.41, 5.74) is 0. The molecule has 112 valence electrons. The smallest absolute Gasteiger partial charge is 0.146 e. The van der Waals surface area contributed by atoms with Gasteiger partial charge in [0, 0.05) is 20.1 Å². The Morgan fingerprint density at radius 1 is 1.00 bits per heavy atom. The van der Waals surface area contributed by atoms with E-state index in [-0.39, 0.29) is 6.10 Å². The van der Waals surface area contributed by atoms with Crippen LogP contribution in [-0.4, -0.2) is 31.7 Å².